The molecule has 0 fully saturated rings. The SMILES string of the molecule is CC[C@@]1(O)C[C@@H](O)c2c(cc3c(c2O)C(=O)c2c(O)cccc2C3=O)[C@H]1C(=O)OC. The van der Waals surface area contributed by atoms with Crippen molar-refractivity contribution < 1.29 is 39.5 Å². The molecule has 2 aliphatic carbocycles. The van der Waals surface area contributed by atoms with Crippen molar-refractivity contribution in [3.63, 3.8) is 0 Å². The number of rotatable bonds is 2. The Morgan fingerprint density at radius 3 is 2.50 bits per heavy atom. The number of phenolic OH excluding ortho intramolecular Hbond substituents is 2. The van der Waals surface area contributed by atoms with Crippen LogP contribution in [0.2, 0.25) is 0 Å². The van der Waals surface area contributed by atoms with E-state index >= 15 is 0 Å². The highest BCUT2D eigenvalue weighted by molar-refractivity contribution is 6.30. The van der Waals surface area contributed by atoms with Gasteiger partial charge in [0.05, 0.1) is 29.9 Å². The van der Waals surface area contributed by atoms with E-state index in [0.29, 0.717) is 0 Å². The van der Waals surface area contributed by atoms with Crippen LogP contribution in [0.25, 0.3) is 0 Å². The lowest BCUT2D eigenvalue weighted by Gasteiger charge is -2.42. The summed E-state index contributed by atoms with van der Waals surface area (Å²) in [6.07, 6.45) is -1.55. The van der Waals surface area contributed by atoms with Gasteiger partial charge in [-0.2, -0.15) is 0 Å². The second-order valence-corrected chi connectivity index (χ2v) is 7.64. The molecule has 0 saturated carbocycles. The fraction of sp³-hybridized carbons (Fsp3) is 0.318. The molecule has 30 heavy (non-hydrogen) atoms. The van der Waals surface area contributed by atoms with E-state index in [-0.39, 0.29) is 46.2 Å². The van der Waals surface area contributed by atoms with E-state index in [1.807, 2.05) is 0 Å². The number of carbonyl (C=O) groups is 3. The van der Waals surface area contributed by atoms with E-state index in [9.17, 15) is 34.8 Å². The minimum Gasteiger partial charge on any atom is -0.507 e. The molecule has 0 aliphatic heterocycles. The summed E-state index contributed by atoms with van der Waals surface area (Å²) in [6.45, 7) is 1.64. The van der Waals surface area contributed by atoms with Crippen molar-refractivity contribution in [2.75, 3.05) is 7.11 Å². The third-order valence-electron chi connectivity index (χ3n) is 6.14. The first-order valence-corrected chi connectivity index (χ1v) is 9.45. The van der Waals surface area contributed by atoms with Gasteiger partial charge in [0.1, 0.15) is 17.4 Å². The quantitative estimate of drug-likeness (QED) is 0.466. The normalized spacial score (nSPS) is 24.7. The Kier molecular flexibility index (Phi) is 4.44. The van der Waals surface area contributed by atoms with Crippen LogP contribution in [0.4, 0.5) is 0 Å². The molecule has 8 nitrogen and oxygen atoms in total. The van der Waals surface area contributed by atoms with E-state index in [4.69, 9.17) is 4.74 Å². The van der Waals surface area contributed by atoms with Gasteiger partial charge < -0.3 is 25.2 Å². The first-order chi connectivity index (χ1) is 14.2. The first kappa shape index (κ1) is 20.1. The summed E-state index contributed by atoms with van der Waals surface area (Å²) in [6, 6.07) is 5.30. The second kappa shape index (κ2) is 6.65. The van der Waals surface area contributed by atoms with Crippen LogP contribution in [-0.2, 0) is 9.53 Å². The van der Waals surface area contributed by atoms with Crippen LogP contribution in [0.3, 0.4) is 0 Å². The Morgan fingerprint density at radius 1 is 1.17 bits per heavy atom. The third-order valence-corrected chi connectivity index (χ3v) is 6.14. The number of hydrogen-bond donors (Lipinski definition) is 4. The molecule has 2 aromatic carbocycles. The van der Waals surface area contributed by atoms with E-state index in [1.165, 1.54) is 24.3 Å². The van der Waals surface area contributed by atoms with Crippen molar-refractivity contribution >= 4 is 17.5 Å². The number of aliphatic hydroxyl groups is 2. The van der Waals surface area contributed by atoms with Crippen LogP contribution in [0.15, 0.2) is 24.3 Å². The highest BCUT2D eigenvalue weighted by Crippen LogP contribution is 2.52. The lowest BCUT2D eigenvalue weighted by Crippen LogP contribution is -2.46. The molecule has 2 aromatic rings. The van der Waals surface area contributed by atoms with Crippen LogP contribution in [0.5, 0.6) is 11.5 Å². The highest BCUT2D eigenvalue weighted by atomic mass is 16.5. The minimum atomic E-state index is -1.67. The number of aromatic hydroxyl groups is 2. The number of carbonyl (C=O) groups excluding carboxylic acids is 3. The maximum absolute atomic E-state index is 13.1. The van der Waals surface area contributed by atoms with Gasteiger partial charge in [0, 0.05) is 23.1 Å². The highest BCUT2D eigenvalue weighted by Gasteiger charge is 2.51. The summed E-state index contributed by atoms with van der Waals surface area (Å²) in [5.74, 6) is -4.50. The molecule has 4 rings (SSSR count). The summed E-state index contributed by atoms with van der Waals surface area (Å²) < 4.78 is 4.84. The summed E-state index contributed by atoms with van der Waals surface area (Å²) >= 11 is 0. The number of fused-ring (bicyclic) bond motifs is 3. The van der Waals surface area contributed by atoms with Crippen LogP contribution in [0.1, 0.15) is 74.8 Å². The predicted molar refractivity (Wildman–Crippen MR) is 103 cm³/mol. The molecule has 2 aliphatic rings. The Morgan fingerprint density at radius 2 is 1.87 bits per heavy atom. The number of ketones is 2. The Balaban J connectivity index is 2.05. The predicted octanol–water partition coefficient (Wildman–Crippen LogP) is 1.71. The largest absolute Gasteiger partial charge is 0.507 e. The van der Waals surface area contributed by atoms with E-state index in [0.717, 1.165) is 7.11 Å². The topological polar surface area (TPSA) is 141 Å². The van der Waals surface area contributed by atoms with Gasteiger partial charge in [-0.25, -0.2) is 0 Å². The van der Waals surface area contributed by atoms with Crippen molar-refractivity contribution in [2.45, 2.75) is 37.4 Å². The third kappa shape index (κ3) is 2.50. The molecular formula is C22H20O8. The molecule has 0 amide bonds. The fourth-order valence-corrected chi connectivity index (χ4v) is 4.60. The number of phenols is 2. The molecule has 156 valence electrons. The molecule has 0 saturated heterocycles. The number of methoxy groups -OCH3 is 1. The van der Waals surface area contributed by atoms with Crippen molar-refractivity contribution in [2.24, 2.45) is 0 Å². The van der Waals surface area contributed by atoms with Crippen LogP contribution in [-0.4, -0.2) is 50.7 Å². The molecule has 0 unspecified atom stereocenters. The number of ether oxygens (including phenoxy) is 1. The zero-order chi connectivity index (χ0) is 22.0. The first-order valence-electron chi connectivity index (χ1n) is 9.45. The molecule has 3 atom stereocenters. The molecule has 4 N–H and O–H groups in total. The summed E-state index contributed by atoms with van der Waals surface area (Å²) in [5.41, 5.74) is -2.53. The summed E-state index contributed by atoms with van der Waals surface area (Å²) in [4.78, 5) is 38.7. The molecule has 8 heteroatoms. The molecule has 0 bridgehead atoms. The van der Waals surface area contributed by atoms with Gasteiger partial charge in [-0.15, -0.1) is 0 Å². The van der Waals surface area contributed by atoms with Gasteiger partial charge in [0.25, 0.3) is 0 Å². The van der Waals surface area contributed by atoms with Crippen LogP contribution in [0, 0.1) is 0 Å². The molecule has 0 heterocycles. The molecule has 0 radical (unpaired) electrons. The number of aliphatic hydroxyl groups excluding tert-OH is 1. The minimum absolute atomic E-state index is 0.0333. The standard InChI is InChI=1S/C22H20O8/c1-3-22(29)8-13(24)15-10(17(22)21(28)30-2)7-11-16(20(15)27)19(26)14-9(18(11)25)5-4-6-12(14)23/h4-7,13,17,23-24,27,29H,3,8H2,1-2H3/t13-,17+,22-/m1/s1. The van der Waals surface area contributed by atoms with Gasteiger partial charge in [0.2, 0.25) is 5.78 Å². The van der Waals surface area contributed by atoms with Crippen molar-refractivity contribution in [1.82, 2.24) is 0 Å². The number of hydrogen-bond acceptors (Lipinski definition) is 8. The van der Waals surface area contributed by atoms with E-state index < -0.39 is 46.7 Å². The lowest BCUT2D eigenvalue weighted by atomic mass is 9.67. The summed E-state index contributed by atoms with van der Waals surface area (Å²) in [5, 5.41) is 42.7. The molecule has 0 spiro atoms. The van der Waals surface area contributed by atoms with Crippen molar-refractivity contribution in [1.29, 1.82) is 0 Å². The Hall–Kier alpha value is -3.23. The van der Waals surface area contributed by atoms with Crippen LogP contribution < -0.4 is 0 Å². The van der Waals surface area contributed by atoms with E-state index in [1.54, 1.807) is 6.92 Å². The fourth-order valence-electron chi connectivity index (χ4n) is 4.60. The van der Waals surface area contributed by atoms with Gasteiger partial charge in [-0.05, 0) is 24.1 Å². The maximum atomic E-state index is 13.1. The summed E-state index contributed by atoms with van der Waals surface area (Å²) in [7, 11) is 1.15. The lowest BCUT2D eigenvalue weighted by molar-refractivity contribution is -0.153. The van der Waals surface area contributed by atoms with Crippen molar-refractivity contribution in [3.05, 3.63) is 57.6 Å². The maximum Gasteiger partial charge on any atom is 0.316 e. The Bertz CT molecular complexity index is 1120. The van der Waals surface area contributed by atoms with Gasteiger partial charge in [0.15, 0.2) is 5.78 Å². The van der Waals surface area contributed by atoms with Crippen LogP contribution >= 0.6 is 0 Å². The van der Waals surface area contributed by atoms with Gasteiger partial charge in [-0.3, -0.25) is 14.4 Å². The second-order valence-electron chi connectivity index (χ2n) is 7.64. The number of esters is 1. The van der Waals surface area contributed by atoms with Gasteiger partial charge >= 0.3 is 5.97 Å². The number of benzene rings is 2. The average molecular weight is 412 g/mol. The average Bonchev–Trinajstić information content (AvgIpc) is 2.70. The zero-order valence-electron chi connectivity index (χ0n) is 16.3. The monoisotopic (exact) mass is 412 g/mol. The Labute approximate surface area is 171 Å². The molecular weight excluding hydrogens is 392 g/mol. The van der Waals surface area contributed by atoms with Gasteiger partial charge in [-0.1, -0.05) is 19.1 Å². The smallest absolute Gasteiger partial charge is 0.316 e. The van der Waals surface area contributed by atoms with E-state index in [2.05, 4.69) is 0 Å². The molecule has 0 aromatic heterocycles. The zero-order valence-corrected chi connectivity index (χ0v) is 16.3. The van der Waals surface area contributed by atoms with Crippen molar-refractivity contribution in [3.8, 4) is 11.5 Å².